The Hall–Kier alpha value is -0.940. The van der Waals surface area contributed by atoms with Gasteiger partial charge in [-0.2, -0.15) is 0 Å². The zero-order valence-corrected chi connectivity index (χ0v) is 8.93. The lowest BCUT2D eigenvalue weighted by molar-refractivity contribution is 0.383. The van der Waals surface area contributed by atoms with Crippen molar-refractivity contribution in [2.24, 2.45) is 0 Å². The van der Waals surface area contributed by atoms with Crippen LogP contribution in [0.15, 0.2) is 29.2 Å². The molecule has 82 valence electrons. The van der Waals surface area contributed by atoms with Gasteiger partial charge in [0.2, 0.25) is 10.0 Å². The van der Waals surface area contributed by atoms with E-state index in [4.69, 9.17) is 0 Å². The van der Waals surface area contributed by atoms with Crippen LogP contribution in [0.2, 0.25) is 0 Å². The van der Waals surface area contributed by atoms with Crippen molar-refractivity contribution in [3.8, 4) is 0 Å². The van der Waals surface area contributed by atoms with Crippen molar-refractivity contribution in [1.29, 1.82) is 0 Å². The largest absolute Gasteiger partial charge is 0.243 e. The Balaban J connectivity index is 2.24. The molecule has 0 spiro atoms. The molecule has 0 amide bonds. The first-order chi connectivity index (χ1) is 7.09. The van der Waals surface area contributed by atoms with Crippen molar-refractivity contribution in [2.45, 2.75) is 30.2 Å². The summed E-state index contributed by atoms with van der Waals surface area (Å²) in [6, 6.07) is 5.39. The van der Waals surface area contributed by atoms with Crippen LogP contribution in [0.4, 0.5) is 4.39 Å². The molecule has 0 aliphatic heterocycles. The van der Waals surface area contributed by atoms with E-state index in [0.717, 1.165) is 25.3 Å². The number of sulfonamides is 1. The zero-order chi connectivity index (χ0) is 10.9. The van der Waals surface area contributed by atoms with Gasteiger partial charge in [-0.3, -0.25) is 0 Å². The Kier molecular flexibility index (Phi) is 2.75. The maximum Gasteiger partial charge on any atom is 0.243 e. The summed E-state index contributed by atoms with van der Waals surface area (Å²) in [6.07, 6.45) is 2.71. The van der Waals surface area contributed by atoms with Gasteiger partial charge in [0, 0.05) is 6.04 Å². The van der Waals surface area contributed by atoms with E-state index in [1.807, 2.05) is 0 Å². The van der Waals surface area contributed by atoms with Crippen LogP contribution < -0.4 is 4.72 Å². The van der Waals surface area contributed by atoms with E-state index in [2.05, 4.69) is 4.72 Å². The Labute approximate surface area is 88.4 Å². The second-order valence-electron chi connectivity index (χ2n) is 3.68. The van der Waals surface area contributed by atoms with Crippen molar-refractivity contribution in [2.75, 3.05) is 0 Å². The highest BCUT2D eigenvalue weighted by molar-refractivity contribution is 7.89. The predicted molar refractivity (Wildman–Crippen MR) is 54.4 cm³/mol. The molecule has 1 aromatic carbocycles. The van der Waals surface area contributed by atoms with Gasteiger partial charge in [-0.1, -0.05) is 18.6 Å². The van der Waals surface area contributed by atoms with Crippen LogP contribution in [0.3, 0.4) is 0 Å². The fourth-order valence-electron chi connectivity index (χ4n) is 1.47. The van der Waals surface area contributed by atoms with Crippen LogP contribution >= 0.6 is 0 Å². The van der Waals surface area contributed by atoms with Crippen molar-refractivity contribution in [1.82, 2.24) is 4.72 Å². The molecule has 1 aromatic rings. The van der Waals surface area contributed by atoms with E-state index in [1.54, 1.807) is 0 Å². The van der Waals surface area contributed by atoms with E-state index < -0.39 is 15.8 Å². The normalized spacial score (nSPS) is 17.4. The molecule has 0 aromatic heterocycles. The van der Waals surface area contributed by atoms with E-state index >= 15 is 0 Å². The average Bonchev–Trinajstić information content (AvgIpc) is 2.12. The van der Waals surface area contributed by atoms with Crippen LogP contribution in [0, 0.1) is 5.82 Å². The molecule has 1 aliphatic carbocycles. The van der Waals surface area contributed by atoms with Gasteiger partial charge < -0.3 is 0 Å². The molecule has 0 bridgehead atoms. The third kappa shape index (κ3) is 2.18. The lowest BCUT2D eigenvalue weighted by Gasteiger charge is -2.26. The van der Waals surface area contributed by atoms with Crippen molar-refractivity contribution in [3.05, 3.63) is 30.1 Å². The zero-order valence-electron chi connectivity index (χ0n) is 8.11. The molecule has 0 atom stereocenters. The summed E-state index contributed by atoms with van der Waals surface area (Å²) in [4.78, 5) is -0.267. The fraction of sp³-hybridized carbons (Fsp3) is 0.400. The highest BCUT2D eigenvalue weighted by Crippen LogP contribution is 2.21. The van der Waals surface area contributed by atoms with Gasteiger partial charge in [-0.05, 0) is 25.0 Å². The van der Waals surface area contributed by atoms with Gasteiger partial charge in [0.1, 0.15) is 10.7 Å². The Bertz CT molecular complexity index is 454. The minimum atomic E-state index is -3.68. The summed E-state index contributed by atoms with van der Waals surface area (Å²) in [6.45, 7) is 0. The summed E-state index contributed by atoms with van der Waals surface area (Å²) in [5, 5.41) is 0. The SMILES string of the molecule is O=S(=O)(NC1CCC1)c1ccccc1F. The van der Waals surface area contributed by atoms with Gasteiger partial charge in [0.25, 0.3) is 0 Å². The monoisotopic (exact) mass is 229 g/mol. The van der Waals surface area contributed by atoms with Gasteiger partial charge in [0.05, 0.1) is 0 Å². The standard InChI is InChI=1S/C10H12FNO2S/c11-9-6-1-2-7-10(9)15(13,14)12-8-4-3-5-8/h1-2,6-8,12H,3-5H2. The predicted octanol–water partition coefficient (Wildman–Crippen LogP) is 1.66. The second kappa shape index (κ2) is 3.90. The van der Waals surface area contributed by atoms with Crippen molar-refractivity contribution < 1.29 is 12.8 Å². The Morgan fingerprint density at radius 1 is 1.27 bits per heavy atom. The molecule has 15 heavy (non-hydrogen) atoms. The van der Waals surface area contributed by atoms with Crippen LogP contribution in [0.5, 0.6) is 0 Å². The number of halogens is 1. The molecule has 5 heteroatoms. The molecule has 1 saturated carbocycles. The first-order valence-corrected chi connectivity index (χ1v) is 6.35. The molecule has 1 fully saturated rings. The van der Waals surface area contributed by atoms with Gasteiger partial charge in [-0.15, -0.1) is 0 Å². The summed E-state index contributed by atoms with van der Waals surface area (Å²) in [7, 11) is -3.68. The average molecular weight is 229 g/mol. The molecule has 0 radical (unpaired) electrons. The first-order valence-electron chi connectivity index (χ1n) is 4.86. The molecule has 0 heterocycles. The molecule has 1 N–H and O–H groups in total. The maximum absolute atomic E-state index is 13.2. The molecule has 3 nitrogen and oxygen atoms in total. The molecular formula is C10H12FNO2S. The minimum Gasteiger partial charge on any atom is -0.208 e. The molecule has 1 aliphatic rings. The summed E-state index contributed by atoms with van der Waals surface area (Å²) in [5.74, 6) is -0.704. The number of benzene rings is 1. The third-order valence-corrected chi connectivity index (χ3v) is 4.11. The lowest BCUT2D eigenvalue weighted by Crippen LogP contribution is -2.39. The van der Waals surface area contributed by atoms with E-state index in [9.17, 15) is 12.8 Å². The van der Waals surface area contributed by atoms with Crippen molar-refractivity contribution in [3.63, 3.8) is 0 Å². The molecule has 0 unspecified atom stereocenters. The minimum absolute atomic E-state index is 0.0189. The van der Waals surface area contributed by atoms with Gasteiger partial charge in [0.15, 0.2) is 0 Å². The Morgan fingerprint density at radius 3 is 2.47 bits per heavy atom. The van der Waals surface area contributed by atoms with Crippen LogP contribution in [0.1, 0.15) is 19.3 Å². The molecular weight excluding hydrogens is 217 g/mol. The summed E-state index contributed by atoms with van der Waals surface area (Å²) >= 11 is 0. The smallest absolute Gasteiger partial charge is 0.208 e. The number of nitrogens with one attached hydrogen (secondary N) is 1. The third-order valence-electron chi connectivity index (χ3n) is 2.55. The first kappa shape index (κ1) is 10.6. The van der Waals surface area contributed by atoms with E-state index in [-0.39, 0.29) is 10.9 Å². The highest BCUT2D eigenvalue weighted by Gasteiger charge is 2.26. The number of hydrogen-bond acceptors (Lipinski definition) is 2. The van der Waals surface area contributed by atoms with E-state index in [0.29, 0.717) is 0 Å². The fourth-order valence-corrected chi connectivity index (χ4v) is 2.86. The van der Waals surface area contributed by atoms with Crippen molar-refractivity contribution >= 4 is 10.0 Å². The van der Waals surface area contributed by atoms with Gasteiger partial charge in [-0.25, -0.2) is 17.5 Å². The summed E-state index contributed by atoms with van der Waals surface area (Å²) in [5.41, 5.74) is 0. The maximum atomic E-state index is 13.2. The lowest BCUT2D eigenvalue weighted by atomic mass is 9.94. The topological polar surface area (TPSA) is 46.2 Å². The highest BCUT2D eigenvalue weighted by atomic mass is 32.2. The molecule has 2 rings (SSSR count). The molecule has 0 saturated heterocycles. The second-order valence-corrected chi connectivity index (χ2v) is 5.36. The van der Waals surface area contributed by atoms with Gasteiger partial charge >= 0.3 is 0 Å². The Morgan fingerprint density at radius 2 is 1.93 bits per heavy atom. The van der Waals surface area contributed by atoms with Crippen LogP contribution in [-0.4, -0.2) is 14.5 Å². The van der Waals surface area contributed by atoms with Crippen LogP contribution in [0.25, 0.3) is 0 Å². The number of hydrogen-bond donors (Lipinski definition) is 1. The van der Waals surface area contributed by atoms with Crippen LogP contribution in [-0.2, 0) is 10.0 Å². The quantitative estimate of drug-likeness (QED) is 0.856. The van der Waals surface area contributed by atoms with E-state index in [1.165, 1.54) is 18.2 Å². The summed E-state index contributed by atoms with van der Waals surface area (Å²) < 4.78 is 39.1. The number of rotatable bonds is 3.